The molecule has 1 N–H and O–H groups in total. The minimum absolute atomic E-state index is 0.262. The van der Waals surface area contributed by atoms with Gasteiger partial charge >= 0.3 is 0 Å². The molecule has 7 nitrogen and oxygen atoms in total. The maximum atomic E-state index is 13.3. The van der Waals surface area contributed by atoms with Crippen LogP contribution in [0.3, 0.4) is 0 Å². The number of amides is 2. The molecule has 2 aliphatic rings. The van der Waals surface area contributed by atoms with Gasteiger partial charge in [-0.25, -0.2) is 0 Å². The highest BCUT2D eigenvalue weighted by atomic mass is 16.5. The molecule has 0 atom stereocenters. The first-order chi connectivity index (χ1) is 15.4. The molecule has 0 unspecified atom stereocenters. The summed E-state index contributed by atoms with van der Waals surface area (Å²) in [7, 11) is 3.10. The Morgan fingerprint density at radius 1 is 0.875 bits per heavy atom. The molecule has 1 saturated heterocycles. The molecule has 0 bridgehead atoms. The van der Waals surface area contributed by atoms with Crippen molar-refractivity contribution in [1.29, 1.82) is 0 Å². The third-order valence-corrected chi connectivity index (χ3v) is 5.91. The van der Waals surface area contributed by atoms with Gasteiger partial charge in [0, 0.05) is 30.5 Å². The Hall–Kier alpha value is -3.48. The second kappa shape index (κ2) is 8.94. The number of imide groups is 1. The second-order valence-corrected chi connectivity index (χ2v) is 8.26. The molecule has 0 aliphatic carbocycles. The van der Waals surface area contributed by atoms with Crippen molar-refractivity contribution in [2.24, 2.45) is 0 Å². The Morgan fingerprint density at radius 2 is 1.53 bits per heavy atom. The fourth-order valence-electron chi connectivity index (χ4n) is 4.27. The van der Waals surface area contributed by atoms with Gasteiger partial charge in [-0.15, -0.1) is 0 Å². The smallest absolute Gasteiger partial charge is 0.278 e. The number of hydrogen-bond donors (Lipinski definition) is 1. The van der Waals surface area contributed by atoms with Crippen LogP contribution in [0.1, 0.15) is 32.3 Å². The van der Waals surface area contributed by atoms with Gasteiger partial charge in [0.25, 0.3) is 11.8 Å². The quantitative estimate of drug-likeness (QED) is 0.665. The van der Waals surface area contributed by atoms with Crippen LogP contribution in [0, 0.1) is 0 Å². The first-order valence-corrected chi connectivity index (χ1v) is 10.9. The van der Waals surface area contributed by atoms with Crippen molar-refractivity contribution in [2.75, 3.05) is 37.5 Å². The monoisotopic (exact) mass is 435 g/mol. The molecule has 2 heterocycles. The Morgan fingerprint density at radius 3 is 2.12 bits per heavy atom. The maximum Gasteiger partial charge on any atom is 0.278 e. The van der Waals surface area contributed by atoms with Crippen molar-refractivity contribution in [3.05, 3.63) is 53.7 Å². The second-order valence-electron chi connectivity index (χ2n) is 8.26. The zero-order valence-corrected chi connectivity index (χ0v) is 19.0. The summed E-state index contributed by atoms with van der Waals surface area (Å²) in [5, 5.41) is 3.22. The van der Waals surface area contributed by atoms with E-state index in [2.05, 4.69) is 10.2 Å². The largest absolute Gasteiger partial charge is 0.493 e. The third kappa shape index (κ3) is 3.90. The number of benzene rings is 2. The Kier molecular flexibility index (Phi) is 6.08. The van der Waals surface area contributed by atoms with E-state index in [4.69, 9.17) is 9.47 Å². The number of carbonyl (C=O) groups is 2. The minimum Gasteiger partial charge on any atom is -0.493 e. The standard InChI is InChI=1S/C25H29N3O4/c1-16(2)28-24(29)22(17-7-12-20(31-3)21(15-17)32-4)23(25(28)30)26-18-8-10-19(11-9-18)27-13-5-6-14-27/h7-12,15-16,26H,5-6,13-14H2,1-4H3. The Labute approximate surface area is 188 Å². The van der Waals surface area contributed by atoms with Gasteiger partial charge in [0.2, 0.25) is 0 Å². The Bertz CT molecular complexity index is 1050. The number of nitrogens with one attached hydrogen (secondary N) is 1. The van der Waals surface area contributed by atoms with Crippen LogP contribution in [-0.4, -0.2) is 50.1 Å². The highest BCUT2D eigenvalue weighted by molar-refractivity contribution is 6.36. The Balaban J connectivity index is 1.72. The number of carbonyl (C=O) groups excluding carboxylic acids is 2. The zero-order valence-electron chi connectivity index (χ0n) is 19.0. The molecule has 168 valence electrons. The van der Waals surface area contributed by atoms with Crippen LogP contribution in [0.5, 0.6) is 11.5 Å². The molecule has 2 amide bonds. The number of ether oxygens (including phenoxy) is 2. The lowest BCUT2D eigenvalue weighted by Gasteiger charge is -2.20. The SMILES string of the molecule is COc1ccc(C2=C(Nc3ccc(N4CCCC4)cc3)C(=O)N(C(C)C)C2=O)cc1OC. The van der Waals surface area contributed by atoms with E-state index in [0.29, 0.717) is 22.6 Å². The van der Waals surface area contributed by atoms with E-state index in [9.17, 15) is 9.59 Å². The maximum absolute atomic E-state index is 13.3. The van der Waals surface area contributed by atoms with Crippen LogP contribution in [-0.2, 0) is 9.59 Å². The number of rotatable bonds is 7. The fourth-order valence-corrected chi connectivity index (χ4v) is 4.27. The van der Waals surface area contributed by atoms with Crippen molar-refractivity contribution >= 4 is 28.8 Å². The van der Waals surface area contributed by atoms with Crippen molar-refractivity contribution in [2.45, 2.75) is 32.7 Å². The average molecular weight is 436 g/mol. The molecular weight excluding hydrogens is 406 g/mol. The molecule has 2 aromatic carbocycles. The molecule has 0 aromatic heterocycles. The van der Waals surface area contributed by atoms with Gasteiger partial charge in [-0.05, 0) is 68.7 Å². The predicted molar refractivity (Wildman–Crippen MR) is 125 cm³/mol. The van der Waals surface area contributed by atoms with E-state index in [0.717, 1.165) is 18.8 Å². The van der Waals surface area contributed by atoms with E-state index < -0.39 is 0 Å². The topological polar surface area (TPSA) is 71.1 Å². The van der Waals surface area contributed by atoms with Gasteiger partial charge in [-0.2, -0.15) is 0 Å². The lowest BCUT2D eigenvalue weighted by Crippen LogP contribution is -2.38. The molecule has 4 rings (SSSR count). The third-order valence-electron chi connectivity index (χ3n) is 5.91. The molecule has 7 heteroatoms. The predicted octanol–water partition coefficient (Wildman–Crippen LogP) is 3.90. The summed E-state index contributed by atoms with van der Waals surface area (Å²) in [6, 6.07) is 13.0. The van der Waals surface area contributed by atoms with Gasteiger partial charge in [-0.3, -0.25) is 14.5 Å². The van der Waals surface area contributed by atoms with Crippen LogP contribution in [0.15, 0.2) is 48.2 Å². The summed E-state index contributed by atoms with van der Waals surface area (Å²) in [5.74, 6) is 0.392. The van der Waals surface area contributed by atoms with Gasteiger partial charge in [0.05, 0.1) is 19.8 Å². The van der Waals surface area contributed by atoms with Crippen LogP contribution in [0.4, 0.5) is 11.4 Å². The molecule has 0 radical (unpaired) electrons. The van der Waals surface area contributed by atoms with Crippen molar-refractivity contribution in [1.82, 2.24) is 4.90 Å². The molecule has 32 heavy (non-hydrogen) atoms. The van der Waals surface area contributed by atoms with Gasteiger partial charge < -0.3 is 19.7 Å². The molecule has 1 fully saturated rings. The lowest BCUT2D eigenvalue weighted by atomic mass is 10.0. The first kappa shape index (κ1) is 21.7. The summed E-state index contributed by atoms with van der Waals surface area (Å²) in [5.41, 5.74) is 3.12. The highest BCUT2D eigenvalue weighted by Crippen LogP contribution is 2.36. The summed E-state index contributed by atoms with van der Waals surface area (Å²) >= 11 is 0. The summed E-state index contributed by atoms with van der Waals surface area (Å²) in [6.45, 7) is 5.79. The average Bonchev–Trinajstić information content (AvgIpc) is 3.41. The number of nitrogens with zero attached hydrogens (tertiary/aromatic N) is 2. The van der Waals surface area contributed by atoms with Gasteiger partial charge in [0.1, 0.15) is 5.70 Å². The molecular formula is C25H29N3O4. The van der Waals surface area contributed by atoms with Crippen molar-refractivity contribution in [3.8, 4) is 11.5 Å². The van der Waals surface area contributed by atoms with E-state index in [1.165, 1.54) is 23.4 Å². The molecule has 2 aromatic rings. The minimum atomic E-state index is -0.335. The molecule has 0 saturated carbocycles. The van der Waals surface area contributed by atoms with E-state index in [-0.39, 0.29) is 23.6 Å². The first-order valence-electron chi connectivity index (χ1n) is 10.9. The highest BCUT2D eigenvalue weighted by Gasteiger charge is 2.40. The zero-order chi connectivity index (χ0) is 22.8. The number of hydrogen-bond acceptors (Lipinski definition) is 6. The van der Waals surface area contributed by atoms with Crippen LogP contribution >= 0.6 is 0 Å². The summed E-state index contributed by atoms with van der Waals surface area (Å²) < 4.78 is 10.7. The lowest BCUT2D eigenvalue weighted by molar-refractivity contribution is -0.138. The van der Waals surface area contributed by atoms with E-state index in [1.807, 2.05) is 38.1 Å². The number of methoxy groups -OCH3 is 2. The molecule has 0 spiro atoms. The van der Waals surface area contributed by atoms with Crippen molar-refractivity contribution < 1.29 is 19.1 Å². The van der Waals surface area contributed by atoms with Gasteiger partial charge in [-0.1, -0.05) is 6.07 Å². The molecule has 2 aliphatic heterocycles. The van der Waals surface area contributed by atoms with Crippen LogP contribution in [0.25, 0.3) is 5.57 Å². The summed E-state index contributed by atoms with van der Waals surface area (Å²) in [6.07, 6.45) is 2.42. The van der Waals surface area contributed by atoms with Gasteiger partial charge in [0.15, 0.2) is 11.5 Å². The fraction of sp³-hybridized carbons (Fsp3) is 0.360. The van der Waals surface area contributed by atoms with E-state index in [1.54, 1.807) is 32.4 Å². The normalized spacial score (nSPS) is 16.4. The number of anilines is 2. The van der Waals surface area contributed by atoms with Crippen LogP contribution < -0.4 is 19.7 Å². The van der Waals surface area contributed by atoms with E-state index >= 15 is 0 Å². The van der Waals surface area contributed by atoms with Crippen molar-refractivity contribution in [3.63, 3.8) is 0 Å². The van der Waals surface area contributed by atoms with Crippen LogP contribution in [0.2, 0.25) is 0 Å². The summed E-state index contributed by atoms with van der Waals surface area (Å²) in [4.78, 5) is 30.1.